The van der Waals surface area contributed by atoms with E-state index in [0.29, 0.717) is 22.4 Å². The molecule has 2 aromatic carbocycles. The van der Waals surface area contributed by atoms with Crippen LogP contribution < -0.4 is 5.76 Å². The molecule has 0 radical (unpaired) electrons. The third-order valence-electron chi connectivity index (χ3n) is 3.02. The predicted molar refractivity (Wildman–Crippen MR) is 73.2 cm³/mol. The van der Waals surface area contributed by atoms with E-state index in [9.17, 15) is 9.59 Å². The number of carbonyl (C=O) groups excluding carboxylic acids is 1. The highest BCUT2D eigenvalue weighted by Gasteiger charge is 2.13. The molecule has 0 aliphatic heterocycles. The number of hydrogen-bond donors (Lipinski definition) is 0. The molecular weight excluding hydrogens is 258 g/mol. The molecule has 0 saturated carbocycles. The quantitative estimate of drug-likeness (QED) is 0.670. The maximum atomic E-state index is 12.0. The van der Waals surface area contributed by atoms with Gasteiger partial charge >= 0.3 is 11.7 Å². The van der Waals surface area contributed by atoms with Gasteiger partial charge in [-0.15, -0.1) is 0 Å². The van der Waals surface area contributed by atoms with E-state index in [1.54, 1.807) is 12.1 Å². The fraction of sp³-hybridized carbons (Fsp3) is 0.0667. The molecule has 20 heavy (non-hydrogen) atoms. The monoisotopic (exact) mass is 269 g/mol. The van der Waals surface area contributed by atoms with Crippen LogP contribution in [0.1, 0.15) is 10.4 Å². The van der Waals surface area contributed by atoms with Crippen molar-refractivity contribution in [2.75, 3.05) is 7.11 Å². The molecular formula is C15H11NO4. The Kier molecular flexibility index (Phi) is 2.87. The zero-order valence-corrected chi connectivity index (χ0v) is 10.7. The number of oxazole rings is 1. The molecule has 0 fully saturated rings. The third kappa shape index (κ3) is 1.89. The first-order valence-electron chi connectivity index (χ1n) is 6.00. The van der Waals surface area contributed by atoms with E-state index in [2.05, 4.69) is 4.74 Å². The highest BCUT2D eigenvalue weighted by molar-refractivity contribution is 5.93. The summed E-state index contributed by atoms with van der Waals surface area (Å²) in [6, 6.07) is 13.9. The molecule has 0 atom stereocenters. The predicted octanol–water partition coefficient (Wildman–Crippen LogP) is 2.37. The Morgan fingerprint density at radius 1 is 1.15 bits per heavy atom. The smallest absolute Gasteiger partial charge is 0.424 e. The summed E-state index contributed by atoms with van der Waals surface area (Å²) in [5.41, 5.74) is 2.01. The summed E-state index contributed by atoms with van der Waals surface area (Å²) < 4.78 is 11.3. The number of fused-ring (bicyclic) bond motifs is 1. The summed E-state index contributed by atoms with van der Waals surface area (Å²) in [4.78, 5) is 23.4. The van der Waals surface area contributed by atoms with Crippen LogP contribution in [0.15, 0.2) is 57.7 Å². The first-order chi connectivity index (χ1) is 9.70. The van der Waals surface area contributed by atoms with Gasteiger partial charge in [-0.05, 0) is 30.3 Å². The van der Waals surface area contributed by atoms with E-state index in [0.717, 1.165) is 0 Å². The van der Waals surface area contributed by atoms with Gasteiger partial charge in [0.05, 0.1) is 23.9 Å². The normalized spacial score (nSPS) is 10.7. The first kappa shape index (κ1) is 12.2. The minimum Gasteiger partial charge on any atom is -0.465 e. The second-order valence-electron chi connectivity index (χ2n) is 4.21. The van der Waals surface area contributed by atoms with Crippen LogP contribution in [0.5, 0.6) is 0 Å². The molecule has 100 valence electrons. The molecule has 3 aromatic rings. The highest BCUT2D eigenvalue weighted by Crippen LogP contribution is 2.19. The van der Waals surface area contributed by atoms with Crippen molar-refractivity contribution in [2.24, 2.45) is 0 Å². The number of esters is 1. The first-order valence-corrected chi connectivity index (χ1v) is 6.00. The Hall–Kier alpha value is -2.82. The summed E-state index contributed by atoms with van der Waals surface area (Å²) >= 11 is 0. The van der Waals surface area contributed by atoms with Crippen LogP contribution >= 0.6 is 0 Å². The average molecular weight is 269 g/mol. The van der Waals surface area contributed by atoms with Gasteiger partial charge in [-0.25, -0.2) is 14.2 Å². The van der Waals surface area contributed by atoms with Gasteiger partial charge in [0.2, 0.25) is 0 Å². The maximum absolute atomic E-state index is 12.0. The number of carbonyl (C=O) groups is 1. The number of para-hydroxylation sites is 1. The highest BCUT2D eigenvalue weighted by atomic mass is 16.5. The molecule has 1 aromatic heterocycles. The molecule has 0 bridgehead atoms. The van der Waals surface area contributed by atoms with Crippen molar-refractivity contribution >= 4 is 17.1 Å². The van der Waals surface area contributed by atoms with E-state index >= 15 is 0 Å². The largest absolute Gasteiger partial charge is 0.465 e. The van der Waals surface area contributed by atoms with Gasteiger partial charge in [0.15, 0.2) is 5.58 Å². The number of aromatic nitrogens is 1. The topological polar surface area (TPSA) is 61.4 Å². The molecule has 0 saturated heterocycles. The van der Waals surface area contributed by atoms with E-state index in [1.807, 2.05) is 30.3 Å². The molecule has 3 rings (SSSR count). The minimum atomic E-state index is -0.492. The minimum absolute atomic E-state index is 0.342. The number of benzene rings is 2. The van der Waals surface area contributed by atoms with Gasteiger partial charge < -0.3 is 9.15 Å². The van der Waals surface area contributed by atoms with Gasteiger partial charge in [0, 0.05) is 0 Å². The number of hydrogen-bond acceptors (Lipinski definition) is 4. The molecule has 0 amide bonds. The number of ether oxygens (including phenoxy) is 1. The van der Waals surface area contributed by atoms with Crippen LogP contribution in [0.3, 0.4) is 0 Å². The summed E-state index contributed by atoms with van der Waals surface area (Å²) in [7, 11) is 1.30. The van der Waals surface area contributed by atoms with Crippen LogP contribution in [-0.2, 0) is 4.74 Å². The third-order valence-corrected chi connectivity index (χ3v) is 3.02. The SMILES string of the molecule is COC(=O)c1ccc2c(c1)oc(=O)n2-c1ccccc1. The summed E-state index contributed by atoms with van der Waals surface area (Å²) in [5.74, 6) is -0.963. The van der Waals surface area contributed by atoms with Crippen LogP contribution in [0, 0.1) is 0 Å². The van der Waals surface area contributed by atoms with Gasteiger partial charge in [0.25, 0.3) is 0 Å². The van der Waals surface area contributed by atoms with E-state index in [-0.39, 0.29) is 0 Å². The van der Waals surface area contributed by atoms with Gasteiger partial charge in [0.1, 0.15) is 0 Å². The lowest BCUT2D eigenvalue weighted by Crippen LogP contribution is -2.11. The molecule has 0 unspecified atom stereocenters. The fourth-order valence-corrected chi connectivity index (χ4v) is 2.09. The molecule has 0 aliphatic carbocycles. The van der Waals surface area contributed by atoms with Gasteiger partial charge in [-0.2, -0.15) is 0 Å². The van der Waals surface area contributed by atoms with Crippen LogP contribution in [-0.4, -0.2) is 17.6 Å². The second kappa shape index (κ2) is 4.70. The lowest BCUT2D eigenvalue weighted by molar-refractivity contribution is 0.0601. The Bertz CT molecular complexity index is 830. The maximum Gasteiger partial charge on any atom is 0.424 e. The van der Waals surface area contributed by atoms with Crippen molar-refractivity contribution in [1.29, 1.82) is 0 Å². The van der Waals surface area contributed by atoms with Crippen LogP contribution in [0.25, 0.3) is 16.8 Å². The average Bonchev–Trinajstić information content (AvgIpc) is 2.82. The van der Waals surface area contributed by atoms with Crippen molar-refractivity contribution < 1.29 is 13.9 Å². The standard InChI is InChI=1S/C15H11NO4/c1-19-14(17)10-7-8-12-13(9-10)20-15(18)16(12)11-5-3-2-4-6-11/h2-9H,1H3. The zero-order chi connectivity index (χ0) is 14.1. The summed E-state index contributed by atoms with van der Waals surface area (Å²) in [6.07, 6.45) is 0. The molecule has 0 spiro atoms. The summed E-state index contributed by atoms with van der Waals surface area (Å²) in [5, 5.41) is 0. The number of rotatable bonds is 2. The summed E-state index contributed by atoms with van der Waals surface area (Å²) in [6.45, 7) is 0. The molecule has 1 heterocycles. The zero-order valence-electron chi connectivity index (χ0n) is 10.7. The Morgan fingerprint density at radius 2 is 1.90 bits per heavy atom. The van der Waals surface area contributed by atoms with Crippen molar-refractivity contribution in [3.63, 3.8) is 0 Å². The van der Waals surface area contributed by atoms with Gasteiger partial charge in [-0.1, -0.05) is 18.2 Å². The molecule has 5 heteroatoms. The second-order valence-corrected chi connectivity index (χ2v) is 4.21. The number of methoxy groups -OCH3 is 1. The van der Waals surface area contributed by atoms with Crippen molar-refractivity contribution in [3.05, 3.63) is 64.6 Å². The van der Waals surface area contributed by atoms with Crippen LogP contribution in [0.2, 0.25) is 0 Å². The molecule has 0 aliphatic rings. The van der Waals surface area contributed by atoms with Crippen molar-refractivity contribution in [3.8, 4) is 5.69 Å². The van der Waals surface area contributed by atoms with Crippen molar-refractivity contribution in [2.45, 2.75) is 0 Å². The van der Waals surface area contributed by atoms with E-state index in [4.69, 9.17) is 4.42 Å². The van der Waals surface area contributed by atoms with E-state index < -0.39 is 11.7 Å². The lowest BCUT2D eigenvalue weighted by Gasteiger charge is -2.02. The number of nitrogens with zero attached hydrogens (tertiary/aromatic N) is 1. The van der Waals surface area contributed by atoms with Crippen molar-refractivity contribution in [1.82, 2.24) is 4.57 Å². The van der Waals surface area contributed by atoms with Gasteiger partial charge in [-0.3, -0.25) is 0 Å². The fourth-order valence-electron chi connectivity index (χ4n) is 2.09. The Morgan fingerprint density at radius 3 is 2.60 bits per heavy atom. The Balaban J connectivity index is 2.23. The van der Waals surface area contributed by atoms with E-state index in [1.165, 1.54) is 17.7 Å². The Labute approximate surface area is 114 Å². The lowest BCUT2D eigenvalue weighted by atomic mass is 10.2. The molecule has 0 N–H and O–H groups in total. The van der Waals surface area contributed by atoms with Crippen LogP contribution in [0.4, 0.5) is 0 Å². The molecule has 5 nitrogen and oxygen atoms in total.